The maximum atomic E-state index is 9.61. The zero-order chi connectivity index (χ0) is 12.7. The first-order valence-corrected chi connectivity index (χ1v) is 6.23. The molecule has 0 spiro atoms. The minimum atomic E-state index is -0.565. The molecule has 1 atom stereocenters. The van der Waals surface area contributed by atoms with Gasteiger partial charge in [-0.15, -0.1) is 0 Å². The Morgan fingerprint density at radius 3 is 2.47 bits per heavy atom. The Hall–Kier alpha value is -0.650. The second kappa shape index (κ2) is 7.63. The molecule has 17 heavy (non-hydrogen) atoms. The molecule has 0 aromatic rings. The summed E-state index contributed by atoms with van der Waals surface area (Å²) in [6, 6.07) is 0. The summed E-state index contributed by atoms with van der Waals surface area (Å²) in [6.45, 7) is 4.49. The third-order valence-electron chi connectivity index (χ3n) is 2.80. The van der Waals surface area contributed by atoms with Gasteiger partial charge in [-0.05, 0) is 39.5 Å². The number of oxime groups is 1. The van der Waals surface area contributed by atoms with Crippen LogP contribution in [0, 0.1) is 0 Å². The van der Waals surface area contributed by atoms with Crippen molar-refractivity contribution in [2.24, 2.45) is 5.16 Å². The molecular weight excluding hydrogens is 222 g/mol. The molecule has 0 saturated heterocycles. The van der Waals surface area contributed by atoms with Crippen molar-refractivity contribution >= 4 is 5.71 Å². The van der Waals surface area contributed by atoms with E-state index in [1.165, 1.54) is 0 Å². The zero-order valence-corrected chi connectivity index (χ0v) is 10.6. The van der Waals surface area contributed by atoms with Crippen molar-refractivity contribution in [2.75, 3.05) is 13.2 Å². The molecule has 1 aliphatic rings. The number of nitrogens with zero attached hydrogens (tertiary/aromatic N) is 1. The van der Waals surface area contributed by atoms with Crippen LogP contribution in [-0.4, -0.2) is 47.6 Å². The number of hydrogen-bond acceptors (Lipinski definition) is 5. The van der Waals surface area contributed by atoms with E-state index in [-0.39, 0.29) is 12.2 Å². The van der Waals surface area contributed by atoms with E-state index in [0.717, 1.165) is 31.4 Å². The number of aliphatic hydroxyl groups excluding tert-OH is 1. The molecule has 0 aliphatic heterocycles. The van der Waals surface area contributed by atoms with Crippen molar-refractivity contribution in [3.63, 3.8) is 0 Å². The predicted octanol–water partition coefficient (Wildman–Crippen LogP) is 1.56. The molecule has 1 fully saturated rings. The fourth-order valence-electron chi connectivity index (χ4n) is 1.79. The Balaban J connectivity index is 2.10. The van der Waals surface area contributed by atoms with Gasteiger partial charge in [0.2, 0.25) is 0 Å². The molecule has 0 radical (unpaired) electrons. The molecular formula is C12H23NO4. The molecule has 0 aromatic heterocycles. The Bertz CT molecular complexity index is 233. The van der Waals surface area contributed by atoms with Crippen LogP contribution in [0.1, 0.15) is 39.5 Å². The van der Waals surface area contributed by atoms with Gasteiger partial charge in [0.1, 0.15) is 6.10 Å². The van der Waals surface area contributed by atoms with E-state index in [2.05, 4.69) is 5.16 Å². The average Bonchev–Trinajstić information content (AvgIpc) is 2.34. The number of ether oxygens (including phenoxy) is 2. The summed E-state index contributed by atoms with van der Waals surface area (Å²) in [5.74, 6) is 0. The van der Waals surface area contributed by atoms with Gasteiger partial charge < -0.3 is 19.8 Å². The number of rotatable bonds is 6. The minimum absolute atomic E-state index is 0.127. The normalized spacial score (nSPS) is 22.8. The highest BCUT2D eigenvalue weighted by Gasteiger charge is 2.19. The Morgan fingerprint density at radius 1 is 1.29 bits per heavy atom. The van der Waals surface area contributed by atoms with Crippen LogP contribution in [0.25, 0.3) is 0 Å². The van der Waals surface area contributed by atoms with E-state index < -0.39 is 6.10 Å². The monoisotopic (exact) mass is 245 g/mol. The molecule has 1 rings (SSSR count). The first kappa shape index (κ1) is 14.4. The van der Waals surface area contributed by atoms with Gasteiger partial charge in [-0.1, -0.05) is 5.16 Å². The highest BCUT2D eigenvalue weighted by Crippen LogP contribution is 2.19. The van der Waals surface area contributed by atoms with Gasteiger partial charge >= 0.3 is 0 Å². The van der Waals surface area contributed by atoms with Gasteiger partial charge in [-0.2, -0.15) is 0 Å². The maximum absolute atomic E-state index is 9.61. The van der Waals surface area contributed by atoms with Gasteiger partial charge in [-0.3, -0.25) is 0 Å². The fourth-order valence-corrected chi connectivity index (χ4v) is 1.79. The highest BCUT2D eigenvalue weighted by atomic mass is 16.5. The summed E-state index contributed by atoms with van der Waals surface area (Å²) >= 11 is 0. The van der Waals surface area contributed by atoms with Gasteiger partial charge in [0, 0.05) is 0 Å². The summed E-state index contributed by atoms with van der Waals surface area (Å²) < 4.78 is 10.9. The van der Waals surface area contributed by atoms with Crippen LogP contribution < -0.4 is 0 Å². The van der Waals surface area contributed by atoms with Crippen LogP contribution >= 0.6 is 0 Å². The molecule has 0 amide bonds. The Labute approximate surface area is 102 Å². The SMILES string of the molecule is CC(C)OCC(O)COC1CCC(=NO)CC1. The second-order valence-electron chi connectivity index (χ2n) is 4.73. The fraction of sp³-hybridized carbons (Fsp3) is 0.917. The van der Waals surface area contributed by atoms with Crippen molar-refractivity contribution in [3.8, 4) is 0 Å². The van der Waals surface area contributed by atoms with Crippen LogP contribution in [0.4, 0.5) is 0 Å². The van der Waals surface area contributed by atoms with Crippen molar-refractivity contribution in [1.29, 1.82) is 0 Å². The van der Waals surface area contributed by atoms with Gasteiger partial charge in [0.15, 0.2) is 0 Å². The summed E-state index contributed by atoms with van der Waals surface area (Å²) in [5.41, 5.74) is 0.841. The van der Waals surface area contributed by atoms with Crippen LogP contribution in [0.15, 0.2) is 5.16 Å². The van der Waals surface area contributed by atoms with E-state index >= 15 is 0 Å². The standard InChI is InChI=1S/C12H23NO4/c1-9(2)16-7-11(14)8-17-12-5-3-10(13-15)4-6-12/h9,11-12,14-15H,3-8H2,1-2H3. The van der Waals surface area contributed by atoms with Gasteiger partial charge in [0.25, 0.3) is 0 Å². The first-order chi connectivity index (χ1) is 8.11. The maximum Gasteiger partial charge on any atom is 0.101 e. The lowest BCUT2D eigenvalue weighted by Gasteiger charge is -2.24. The summed E-state index contributed by atoms with van der Waals surface area (Å²) in [6.07, 6.45) is 3.00. The molecule has 5 heteroatoms. The largest absolute Gasteiger partial charge is 0.411 e. The van der Waals surface area contributed by atoms with E-state index in [9.17, 15) is 5.11 Å². The number of hydrogen-bond donors (Lipinski definition) is 2. The van der Waals surface area contributed by atoms with Crippen molar-refractivity contribution < 1.29 is 19.8 Å². The lowest BCUT2D eigenvalue weighted by Crippen LogP contribution is -2.29. The molecule has 5 nitrogen and oxygen atoms in total. The van der Waals surface area contributed by atoms with Crippen LogP contribution in [-0.2, 0) is 9.47 Å². The lowest BCUT2D eigenvalue weighted by molar-refractivity contribution is -0.0591. The lowest BCUT2D eigenvalue weighted by atomic mass is 9.96. The highest BCUT2D eigenvalue weighted by molar-refractivity contribution is 5.84. The molecule has 0 bridgehead atoms. The van der Waals surface area contributed by atoms with E-state index in [4.69, 9.17) is 14.7 Å². The third kappa shape index (κ3) is 6.00. The van der Waals surface area contributed by atoms with Crippen LogP contribution in [0.3, 0.4) is 0 Å². The van der Waals surface area contributed by atoms with E-state index in [0.29, 0.717) is 13.2 Å². The van der Waals surface area contributed by atoms with Crippen LogP contribution in [0.2, 0.25) is 0 Å². The van der Waals surface area contributed by atoms with Crippen molar-refractivity contribution in [2.45, 2.75) is 57.8 Å². The third-order valence-corrected chi connectivity index (χ3v) is 2.80. The number of aliphatic hydroxyl groups is 1. The summed E-state index contributed by atoms with van der Waals surface area (Å²) in [4.78, 5) is 0. The minimum Gasteiger partial charge on any atom is -0.411 e. The van der Waals surface area contributed by atoms with Crippen LogP contribution in [0.5, 0.6) is 0 Å². The summed E-state index contributed by atoms with van der Waals surface area (Å²) in [7, 11) is 0. The molecule has 1 aliphatic carbocycles. The summed E-state index contributed by atoms with van der Waals surface area (Å²) in [5, 5.41) is 21.4. The molecule has 1 unspecified atom stereocenters. The molecule has 0 aromatic carbocycles. The molecule has 0 heterocycles. The van der Waals surface area contributed by atoms with Gasteiger partial charge in [-0.25, -0.2) is 0 Å². The van der Waals surface area contributed by atoms with Gasteiger partial charge in [0.05, 0.1) is 31.1 Å². The smallest absolute Gasteiger partial charge is 0.101 e. The quantitative estimate of drug-likeness (QED) is 0.550. The van der Waals surface area contributed by atoms with Crippen molar-refractivity contribution in [1.82, 2.24) is 0 Å². The predicted molar refractivity (Wildman–Crippen MR) is 64.5 cm³/mol. The van der Waals surface area contributed by atoms with Crippen molar-refractivity contribution in [3.05, 3.63) is 0 Å². The molecule has 2 N–H and O–H groups in total. The average molecular weight is 245 g/mol. The first-order valence-electron chi connectivity index (χ1n) is 6.23. The Kier molecular flexibility index (Phi) is 6.47. The molecule has 1 saturated carbocycles. The van der Waals surface area contributed by atoms with E-state index in [1.54, 1.807) is 0 Å². The topological polar surface area (TPSA) is 71.3 Å². The zero-order valence-electron chi connectivity index (χ0n) is 10.6. The van der Waals surface area contributed by atoms with E-state index in [1.807, 2.05) is 13.8 Å². The second-order valence-corrected chi connectivity index (χ2v) is 4.73. The Morgan fingerprint density at radius 2 is 1.94 bits per heavy atom. The molecule has 100 valence electrons.